The molecule has 0 bridgehead atoms. The lowest BCUT2D eigenvalue weighted by Gasteiger charge is -2.27. The van der Waals surface area contributed by atoms with Crippen LogP contribution in [0, 0.1) is 18.7 Å². The van der Waals surface area contributed by atoms with Crippen molar-refractivity contribution >= 4 is 28.7 Å². The number of hydrogen-bond acceptors (Lipinski definition) is 4. The van der Waals surface area contributed by atoms with Crippen molar-refractivity contribution in [3.8, 4) is 0 Å². The molecule has 2 aromatic rings. The lowest BCUT2D eigenvalue weighted by Crippen LogP contribution is -2.31. The van der Waals surface area contributed by atoms with Crippen LogP contribution >= 0.6 is 11.3 Å². The third-order valence-corrected chi connectivity index (χ3v) is 5.31. The molecule has 1 unspecified atom stereocenters. The number of aryl methyl sites for hydroxylation is 1. The van der Waals surface area contributed by atoms with Gasteiger partial charge in [0.2, 0.25) is 0 Å². The molecular formula is C19H18FNO3S. The van der Waals surface area contributed by atoms with Crippen molar-refractivity contribution in [2.45, 2.75) is 26.8 Å². The number of hydrogen-bond donors (Lipinski definition) is 1. The van der Waals surface area contributed by atoms with Crippen molar-refractivity contribution in [3.63, 3.8) is 0 Å². The number of aliphatic hydroxyl groups is 1. The number of rotatable bonds is 4. The Bertz CT molecular complexity index is 884. The molecule has 130 valence electrons. The van der Waals surface area contributed by atoms with E-state index in [1.807, 2.05) is 18.4 Å². The van der Waals surface area contributed by atoms with Gasteiger partial charge in [-0.1, -0.05) is 19.9 Å². The van der Waals surface area contributed by atoms with Crippen molar-refractivity contribution < 1.29 is 19.1 Å². The Morgan fingerprint density at radius 3 is 2.60 bits per heavy atom. The van der Waals surface area contributed by atoms with E-state index in [1.54, 1.807) is 19.9 Å². The van der Waals surface area contributed by atoms with Gasteiger partial charge in [-0.3, -0.25) is 14.5 Å². The van der Waals surface area contributed by atoms with Crippen LogP contribution in [0.4, 0.5) is 10.1 Å². The van der Waals surface area contributed by atoms with Gasteiger partial charge in [0, 0.05) is 16.5 Å². The van der Waals surface area contributed by atoms with Gasteiger partial charge >= 0.3 is 0 Å². The van der Waals surface area contributed by atoms with Crippen molar-refractivity contribution in [1.82, 2.24) is 0 Å². The van der Waals surface area contributed by atoms with Crippen molar-refractivity contribution in [3.05, 3.63) is 63.3 Å². The number of amides is 1. The Labute approximate surface area is 149 Å². The molecule has 1 aromatic heterocycles. The van der Waals surface area contributed by atoms with Gasteiger partial charge in [0.1, 0.15) is 11.9 Å². The number of benzene rings is 1. The van der Waals surface area contributed by atoms with Crippen LogP contribution in [0.3, 0.4) is 0 Å². The Kier molecular flexibility index (Phi) is 4.47. The third kappa shape index (κ3) is 2.87. The predicted molar refractivity (Wildman–Crippen MR) is 95.2 cm³/mol. The number of anilines is 1. The molecule has 3 rings (SSSR count). The van der Waals surface area contributed by atoms with Gasteiger partial charge < -0.3 is 5.11 Å². The molecule has 1 aromatic carbocycles. The van der Waals surface area contributed by atoms with Crippen LogP contribution in [0.25, 0.3) is 0 Å². The second-order valence-corrected chi connectivity index (χ2v) is 7.25. The number of aliphatic hydroxyl groups excluding tert-OH is 1. The largest absolute Gasteiger partial charge is 0.503 e. The van der Waals surface area contributed by atoms with Gasteiger partial charge in [-0.25, -0.2) is 4.39 Å². The summed E-state index contributed by atoms with van der Waals surface area (Å²) in [4.78, 5) is 27.5. The molecule has 0 radical (unpaired) electrons. The maximum Gasteiger partial charge on any atom is 0.294 e. The number of halogens is 1. The maximum atomic E-state index is 13.7. The van der Waals surface area contributed by atoms with Crippen molar-refractivity contribution in [2.24, 2.45) is 5.92 Å². The smallest absolute Gasteiger partial charge is 0.294 e. The number of thiophene rings is 1. The van der Waals surface area contributed by atoms with Crippen LogP contribution in [0.15, 0.2) is 47.0 Å². The summed E-state index contributed by atoms with van der Waals surface area (Å²) in [7, 11) is 0. The summed E-state index contributed by atoms with van der Waals surface area (Å²) in [6.45, 7) is 5.32. The second kappa shape index (κ2) is 6.44. The molecule has 6 heteroatoms. The first kappa shape index (κ1) is 17.4. The molecule has 1 aliphatic heterocycles. The third-order valence-electron chi connectivity index (χ3n) is 4.23. The Balaban J connectivity index is 2.21. The van der Waals surface area contributed by atoms with E-state index >= 15 is 0 Å². The molecule has 0 saturated heterocycles. The molecular weight excluding hydrogens is 341 g/mol. The molecule has 1 N–H and O–H groups in total. The van der Waals surface area contributed by atoms with Gasteiger partial charge in [0.05, 0.1) is 5.57 Å². The SMILES string of the molecule is Cc1ccsc1C1C(C(=O)C(C)C)=C(O)C(=O)N1c1cccc(F)c1. The zero-order chi connectivity index (χ0) is 18.3. The average molecular weight is 359 g/mol. The van der Waals surface area contributed by atoms with E-state index in [9.17, 15) is 19.1 Å². The summed E-state index contributed by atoms with van der Waals surface area (Å²) in [6.07, 6.45) is 0. The van der Waals surface area contributed by atoms with Crippen LogP contribution in [0.5, 0.6) is 0 Å². The average Bonchev–Trinajstić information content (AvgIpc) is 3.08. The Hall–Kier alpha value is -2.47. The van der Waals surface area contributed by atoms with Crippen LogP contribution in [-0.2, 0) is 9.59 Å². The van der Waals surface area contributed by atoms with E-state index in [-0.39, 0.29) is 17.3 Å². The molecule has 0 fully saturated rings. The van der Waals surface area contributed by atoms with E-state index in [4.69, 9.17) is 0 Å². The van der Waals surface area contributed by atoms with Crippen LogP contribution in [-0.4, -0.2) is 16.8 Å². The molecule has 0 saturated carbocycles. The number of carbonyl (C=O) groups is 2. The Morgan fingerprint density at radius 2 is 2.04 bits per heavy atom. The molecule has 1 amide bonds. The number of Topliss-reactive ketones (excluding diaryl/α,β-unsaturated/α-hetero) is 1. The van der Waals surface area contributed by atoms with Crippen LogP contribution in [0.2, 0.25) is 0 Å². The summed E-state index contributed by atoms with van der Waals surface area (Å²) < 4.78 is 13.7. The first-order valence-corrected chi connectivity index (χ1v) is 8.81. The van der Waals surface area contributed by atoms with Gasteiger partial charge in [-0.2, -0.15) is 0 Å². The first-order valence-electron chi connectivity index (χ1n) is 7.93. The zero-order valence-corrected chi connectivity index (χ0v) is 14.9. The summed E-state index contributed by atoms with van der Waals surface area (Å²) in [5, 5.41) is 12.3. The van der Waals surface area contributed by atoms with Gasteiger partial charge in [-0.15, -0.1) is 11.3 Å². The highest BCUT2D eigenvalue weighted by Crippen LogP contribution is 2.44. The van der Waals surface area contributed by atoms with Crippen LogP contribution in [0.1, 0.15) is 30.3 Å². The fourth-order valence-corrected chi connectivity index (χ4v) is 4.00. The standard InChI is InChI=1S/C19H18FNO3S/c1-10(2)16(22)14-15(18-11(3)7-8-25-18)21(19(24)17(14)23)13-6-4-5-12(20)9-13/h4-10,15,23H,1-3H3. The minimum Gasteiger partial charge on any atom is -0.503 e. The molecule has 25 heavy (non-hydrogen) atoms. The summed E-state index contributed by atoms with van der Waals surface area (Å²) >= 11 is 1.40. The molecule has 0 aliphatic carbocycles. The topological polar surface area (TPSA) is 57.6 Å². The minimum atomic E-state index is -0.746. The van der Waals surface area contributed by atoms with E-state index in [0.29, 0.717) is 5.69 Å². The van der Waals surface area contributed by atoms with E-state index < -0.39 is 23.5 Å². The molecule has 4 nitrogen and oxygen atoms in total. The number of carbonyl (C=O) groups excluding carboxylic acids is 2. The summed E-state index contributed by atoms with van der Waals surface area (Å²) in [5.74, 6) is -2.40. The highest BCUT2D eigenvalue weighted by atomic mass is 32.1. The quantitative estimate of drug-likeness (QED) is 0.884. The molecule has 1 atom stereocenters. The fourth-order valence-electron chi connectivity index (χ4n) is 2.97. The molecule has 1 aliphatic rings. The number of nitrogens with zero attached hydrogens (tertiary/aromatic N) is 1. The fraction of sp³-hybridized carbons (Fsp3) is 0.263. The maximum absolute atomic E-state index is 13.7. The van der Waals surface area contributed by atoms with Crippen molar-refractivity contribution in [1.29, 1.82) is 0 Å². The van der Waals surface area contributed by atoms with E-state index in [2.05, 4.69) is 0 Å². The zero-order valence-electron chi connectivity index (χ0n) is 14.1. The molecule has 2 heterocycles. The van der Waals surface area contributed by atoms with Gasteiger partial charge in [0.25, 0.3) is 5.91 Å². The van der Waals surface area contributed by atoms with E-state index in [1.165, 1.54) is 34.4 Å². The minimum absolute atomic E-state index is 0.0785. The highest BCUT2D eigenvalue weighted by molar-refractivity contribution is 7.10. The summed E-state index contributed by atoms with van der Waals surface area (Å²) in [6, 6.07) is 6.74. The monoisotopic (exact) mass is 359 g/mol. The lowest BCUT2D eigenvalue weighted by atomic mass is 9.93. The lowest BCUT2D eigenvalue weighted by molar-refractivity contribution is -0.119. The van der Waals surface area contributed by atoms with E-state index in [0.717, 1.165) is 10.4 Å². The second-order valence-electron chi connectivity index (χ2n) is 6.31. The normalized spacial score (nSPS) is 17.7. The van der Waals surface area contributed by atoms with Crippen molar-refractivity contribution in [2.75, 3.05) is 4.90 Å². The Morgan fingerprint density at radius 1 is 1.32 bits per heavy atom. The van der Waals surface area contributed by atoms with Gasteiger partial charge in [-0.05, 0) is 42.1 Å². The highest BCUT2D eigenvalue weighted by Gasteiger charge is 2.45. The van der Waals surface area contributed by atoms with Crippen LogP contribution < -0.4 is 4.90 Å². The molecule has 0 spiro atoms. The number of ketones is 1. The first-order chi connectivity index (χ1) is 11.8. The summed E-state index contributed by atoms with van der Waals surface area (Å²) in [5.41, 5.74) is 1.30. The predicted octanol–water partition coefficient (Wildman–Crippen LogP) is 4.32. The van der Waals surface area contributed by atoms with Gasteiger partial charge in [0.15, 0.2) is 11.5 Å².